The largest absolute Gasteiger partial charge is 0.453 e. The fourth-order valence-electron chi connectivity index (χ4n) is 4.06. The predicted octanol–water partition coefficient (Wildman–Crippen LogP) is 4.98. The maximum absolute atomic E-state index is 11.4. The summed E-state index contributed by atoms with van der Waals surface area (Å²) >= 11 is 6.72. The van der Waals surface area contributed by atoms with Crippen LogP contribution in [0, 0.1) is 5.92 Å². The molecule has 2 aromatic rings. The molecule has 3 rings (SSSR count). The lowest BCUT2D eigenvalue weighted by atomic mass is 9.85. The van der Waals surface area contributed by atoms with Gasteiger partial charge in [-0.25, -0.2) is 4.79 Å². The Bertz CT molecular complexity index is 837. The van der Waals surface area contributed by atoms with Gasteiger partial charge in [-0.15, -0.1) is 0 Å². The van der Waals surface area contributed by atoms with Crippen molar-refractivity contribution in [2.75, 3.05) is 33.4 Å². The minimum Gasteiger partial charge on any atom is -0.453 e. The van der Waals surface area contributed by atoms with Gasteiger partial charge in [-0.05, 0) is 48.6 Å². The molecule has 2 aromatic carbocycles. The number of hydrogen-bond donors (Lipinski definition) is 2. The molecule has 1 saturated heterocycles. The van der Waals surface area contributed by atoms with Gasteiger partial charge in [0, 0.05) is 29.6 Å². The zero-order valence-electron chi connectivity index (χ0n) is 17.7. The van der Waals surface area contributed by atoms with Crippen molar-refractivity contribution in [3.05, 3.63) is 58.6 Å². The SMILES string of the molecule is CCc1cccc(-c2c(Cl)cccc2[C@H](OCCNC(=O)OC)C2CCCNC2)c1. The van der Waals surface area contributed by atoms with Crippen molar-refractivity contribution in [2.45, 2.75) is 32.3 Å². The monoisotopic (exact) mass is 430 g/mol. The third-order valence-corrected chi connectivity index (χ3v) is 5.91. The molecule has 1 unspecified atom stereocenters. The van der Waals surface area contributed by atoms with Crippen LogP contribution in [0.15, 0.2) is 42.5 Å². The molecule has 1 aliphatic rings. The molecule has 162 valence electrons. The van der Waals surface area contributed by atoms with Crippen LogP contribution in [-0.4, -0.2) is 39.4 Å². The first-order valence-electron chi connectivity index (χ1n) is 10.7. The van der Waals surface area contributed by atoms with Crippen molar-refractivity contribution in [1.82, 2.24) is 10.6 Å². The van der Waals surface area contributed by atoms with E-state index < -0.39 is 6.09 Å². The molecule has 2 atom stereocenters. The van der Waals surface area contributed by atoms with Crippen LogP contribution in [0.3, 0.4) is 0 Å². The summed E-state index contributed by atoms with van der Waals surface area (Å²) in [6.07, 6.45) is 2.61. The van der Waals surface area contributed by atoms with E-state index in [2.05, 4.69) is 52.6 Å². The van der Waals surface area contributed by atoms with Crippen LogP contribution >= 0.6 is 11.6 Å². The third-order valence-electron chi connectivity index (χ3n) is 5.59. The molecule has 0 saturated carbocycles. The zero-order valence-corrected chi connectivity index (χ0v) is 18.5. The Morgan fingerprint density at radius 3 is 2.87 bits per heavy atom. The van der Waals surface area contributed by atoms with Gasteiger partial charge in [0.15, 0.2) is 0 Å². The molecule has 6 heteroatoms. The molecule has 0 bridgehead atoms. The molecular weight excluding hydrogens is 400 g/mol. The van der Waals surface area contributed by atoms with Gasteiger partial charge in [-0.2, -0.15) is 0 Å². The Labute approximate surface area is 184 Å². The van der Waals surface area contributed by atoms with Gasteiger partial charge in [0.1, 0.15) is 0 Å². The second-order valence-corrected chi connectivity index (χ2v) is 7.98. The number of halogens is 1. The van der Waals surface area contributed by atoms with Crippen molar-refractivity contribution in [1.29, 1.82) is 0 Å². The van der Waals surface area contributed by atoms with Crippen LogP contribution in [0.1, 0.15) is 37.0 Å². The predicted molar refractivity (Wildman–Crippen MR) is 121 cm³/mol. The highest BCUT2D eigenvalue weighted by Crippen LogP contribution is 2.40. The van der Waals surface area contributed by atoms with Gasteiger partial charge < -0.3 is 20.1 Å². The lowest BCUT2D eigenvalue weighted by molar-refractivity contribution is 0.00510. The van der Waals surface area contributed by atoms with Gasteiger partial charge in [0.05, 0.1) is 19.8 Å². The quantitative estimate of drug-likeness (QED) is 0.579. The minimum atomic E-state index is -0.450. The normalized spacial score (nSPS) is 17.4. The van der Waals surface area contributed by atoms with E-state index in [1.54, 1.807) is 0 Å². The van der Waals surface area contributed by atoms with Gasteiger partial charge >= 0.3 is 6.09 Å². The summed E-state index contributed by atoms with van der Waals surface area (Å²) in [5.74, 6) is 0.337. The summed E-state index contributed by atoms with van der Waals surface area (Å²) in [6.45, 7) is 4.88. The Balaban J connectivity index is 1.91. The van der Waals surface area contributed by atoms with Crippen molar-refractivity contribution in [3.63, 3.8) is 0 Å². The molecule has 1 amide bonds. The van der Waals surface area contributed by atoms with E-state index in [0.29, 0.717) is 19.1 Å². The van der Waals surface area contributed by atoms with Crippen molar-refractivity contribution in [3.8, 4) is 11.1 Å². The summed E-state index contributed by atoms with van der Waals surface area (Å²) in [5.41, 5.74) is 4.52. The zero-order chi connectivity index (χ0) is 21.3. The Kier molecular flexibility index (Phi) is 8.55. The second-order valence-electron chi connectivity index (χ2n) is 7.57. The van der Waals surface area contributed by atoms with Crippen LogP contribution in [0.5, 0.6) is 0 Å². The Morgan fingerprint density at radius 1 is 1.30 bits per heavy atom. The fraction of sp³-hybridized carbons (Fsp3) is 0.458. The third kappa shape index (κ3) is 5.75. The van der Waals surface area contributed by atoms with Gasteiger partial charge in [-0.1, -0.05) is 54.9 Å². The number of carbonyl (C=O) groups excluding carboxylic acids is 1. The van der Waals surface area contributed by atoms with Crippen LogP contribution in [-0.2, 0) is 15.9 Å². The lowest BCUT2D eigenvalue weighted by Crippen LogP contribution is -2.35. The number of piperidine rings is 1. The van der Waals surface area contributed by atoms with E-state index in [-0.39, 0.29) is 6.10 Å². The second kappa shape index (κ2) is 11.3. The smallest absolute Gasteiger partial charge is 0.406 e. The van der Waals surface area contributed by atoms with Crippen molar-refractivity contribution in [2.24, 2.45) is 5.92 Å². The lowest BCUT2D eigenvalue weighted by Gasteiger charge is -2.32. The molecule has 0 spiro atoms. The van der Waals surface area contributed by atoms with Crippen molar-refractivity contribution >= 4 is 17.7 Å². The topological polar surface area (TPSA) is 59.6 Å². The number of ether oxygens (including phenoxy) is 2. The summed E-state index contributed by atoms with van der Waals surface area (Å²) < 4.78 is 11.0. The molecule has 1 aliphatic heterocycles. The molecule has 1 heterocycles. The maximum Gasteiger partial charge on any atom is 0.406 e. The number of benzene rings is 2. The first-order valence-corrected chi connectivity index (χ1v) is 11.0. The minimum absolute atomic E-state index is 0.115. The van der Waals surface area contributed by atoms with Gasteiger partial charge in [-0.3, -0.25) is 0 Å². The highest BCUT2D eigenvalue weighted by Gasteiger charge is 2.28. The van der Waals surface area contributed by atoms with E-state index in [9.17, 15) is 4.79 Å². The first-order chi connectivity index (χ1) is 14.6. The number of methoxy groups -OCH3 is 1. The van der Waals surface area contributed by atoms with E-state index in [1.807, 2.05) is 12.1 Å². The summed E-state index contributed by atoms with van der Waals surface area (Å²) in [6, 6.07) is 14.6. The molecule has 5 nitrogen and oxygen atoms in total. The number of aryl methyl sites for hydroxylation is 1. The number of nitrogens with one attached hydrogen (secondary N) is 2. The highest BCUT2D eigenvalue weighted by atomic mass is 35.5. The molecule has 0 aliphatic carbocycles. The average Bonchev–Trinajstić information content (AvgIpc) is 2.79. The first kappa shape index (κ1) is 22.6. The number of amides is 1. The number of rotatable bonds is 8. The average molecular weight is 431 g/mol. The van der Waals surface area contributed by atoms with Gasteiger partial charge in [0.25, 0.3) is 0 Å². The standard InChI is InChI=1S/C24H31ClN2O3/c1-3-17-7-4-8-18(15-17)22-20(10-5-11-21(22)25)23(19-9-6-12-26-16-19)30-14-13-27-24(28)29-2/h4-5,7-8,10-11,15,19,23,26H,3,6,9,12-14,16H2,1-2H3,(H,27,28)/t19?,23-/m1/s1. The summed E-state index contributed by atoms with van der Waals surface area (Å²) in [7, 11) is 1.36. The van der Waals surface area contributed by atoms with E-state index >= 15 is 0 Å². The molecule has 30 heavy (non-hydrogen) atoms. The fourth-order valence-corrected chi connectivity index (χ4v) is 4.35. The maximum atomic E-state index is 11.4. The van der Waals surface area contributed by atoms with Crippen molar-refractivity contribution < 1.29 is 14.3 Å². The Hall–Kier alpha value is -2.08. The highest BCUT2D eigenvalue weighted by molar-refractivity contribution is 6.33. The number of alkyl carbamates (subject to hydrolysis) is 1. The van der Waals surface area contributed by atoms with E-state index in [4.69, 9.17) is 16.3 Å². The molecule has 0 radical (unpaired) electrons. The van der Waals surface area contributed by atoms with E-state index in [1.165, 1.54) is 12.7 Å². The molecule has 0 aromatic heterocycles. The van der Waals surface area contributed by atoms with E-state index in [0.717, 1.165) is 54.1 Å². The number of carbonyl (C=O) groups is 1. The number of hydrogen-bond acceptors (Lipinski definition) is 4. The molecule has 2 N–H and O–H groups in total. The van der Waals surface area contributed by atoms with Crippen LogP contribution < -0.4 is 10.6 Å². The van der Waals surface area contributed by atoms with Crippen LogP contribution in [0.2, 0.25) is 5.02 Å². The van der Waals surface area contributed by atoms with Crippen LogP contribution in [0.25, 0.3) is 11.1 Å². The summed E-state index contributed by atoms with van der Waals surface area (Å²) in [4.78, 5) is 11.4. The summed E-state index contributed by atoms with van der Waals surface area (Å²) in [5, 5.41) is 6.91. The Morgan fingerprint density at radius 2 is 2.13 bits per heavy atom. The van der Waals surface area contributed by atoms with Gasteiger partial charge in [0.2, 0.25) is 0 Å². The van der Waals surface area contributed by atoms with Crippen LogP contribution in [0.4, 0.5) is 4.79 Å². The molecular formula is C24H31ClN2O3. The molecule has 1 fully saturated rings.